The van der Waals surface area contributed by atoms with E-state index in [1.165, 1.54) is 12.1 Å². The minimum absolute atomic E-state index is 0.113. The SMILES string of the molecule is Cn1ccnc1C(=O)c1ccc(NC(=O)c2ccc(Cl)cc2F)cc1. The highest BCUT2D eigenvalue weighted by atomic mass is 35.5. The van der Waals surface area contributed by atoms with Crippen LogP contribution in [-0.4, -0.2) is 21.2 Å². The Balaban J connectivity index is 1.75. The monoisotopic (exact) mass is 357 g/mol. The van der Waals surface area contributed by atoms with Gasteiger partial charge in [-0.25, -0.2) is 9.37 Å². The smallest absolute Gasteiger partial charge is 0.258 e. The minimum Gasteiger partial charge on any atom is -0.331 e. The maximum absolute atomic E-state index is 13.8. The Labute approximate surface area is 148 Å². The summed E-state index contributed by atoms with van der Waals surface area (Å²) >= 11 is 5.67. The number of benzene rings is 2. The van der Waals surface area contributed by atoms with Gasteiger partial charge in [0.15, 0.2) is 5.82 Å². The second-order valence-corrected chi connectivity index (χ2v) is 5.78. The molecule has 25 heavy (non-hydrogen) atoms. The van der Waals surface area contributed by atoms with Crippen LogP contribution in [0.4, 0.5) is 10.1 Å². The lowest BCUT2D eigenvalue weighted by Gasteiger charge is -2.07. The first-order chi connectivity index (χ1) is 12.0. The molecule has 0 aliphatic rings. The summed E-state index contributed by atoms with van der Waals surface area (Å²) in [6, 6.07) is 10.1. The first-order valence-corrected chi connectivity index (χ1v) is 7.72. The molecule has 0 unspecified atom stereocenters. The summed E-state index contributed by atoms with van der Waals surface area (Å²) < 4.78 is 15.4. The fourth-order valence-electron chi connectivity index (χ4n) is 2.29. The second-order valence-electron chi connectivity index (χ2n) is 5.35. The molecule has 0 saturated carbocycles. The zero-order chi connectivity index (χ0) is 18.0. The number of rotatable bonds is 4. The zero-order valence-electron chi connectivity index (χ0n) is 13.2. The number of aromatic nitrogens is 2. The summed E-state index contributed by atoms with van der Waals surface area (Å²) in [5, 5.41) is 2.79. The highest BCUT2D eigenvalue weighted by molar-refractivity contribution is 6.30. The third kappa shape index (κ3) is 3.59. The molecule has 5 nitrogen and oxygen atoms in total. The van der Waals surface area contributed by atoms with E-state index >= 15 is 0 Å². The van der Waals surface area contributed by atoms with Crippen LogP contribution in [0.1, 0.15) is 26.5 Å². The van der Waals surface area contributed by atoms with Crippen LogP contribution in [-0.2, 0) is 7.05 Å². The van der Waals surface area contributed by atoms with Crippen molar-refractivity contribution in [1.29, 1.82) is 0 Å². The van der Waals surface area contributed by atoms with E-state index in [4.69, 9.17) is 11.6 Å². The highest BCUT2D eigenvalue weighted by Gasteiger charge is 2.15. The molecule has 0 aliphatic carbocycles. The van der Waals surface area contributed by atoms with Gasteiger partial charge in [-0.05, 0) is 42.5 Å². The van der Waals surface area contributed by atoms with Gasteiger partial charge in [-0.1, -0.05) is 11.6 Å². The predicted molar refractivity (Wildman–Crippen MR) is 92.4 cm³/mol. The summed E-state index contributed by atoms with van der Waals surface area (Å²) in [6.07, 6.45) is 3.23. The van der Waals surface area contributed by atoms with Crippen LogP contribution in [0.2, 0.25) is 5.02 Å². The number of anilines is 1. The molecule has 2 aromatic carbocycles. The van der Waals surface area contributed by atoms with Crippen molar-refractivity contribution in [1.82, 2.24) is 9.55 Å². The van der Waals surface area contributed by atoms with Crippen molar-refractivity contribution >= 4 is 29.0 Å². The Morgan fingerprint density at radius 2 is 1.88 bits per heavy atom. The van der Waals surface area contributed by atoms with E-state index in [1.807, 2.05) is 0 Å². The lowest BCUT2D eigenvalue weighted by Crippen LogP contribution is -2.14. The first-order valence-electron chi connectivity index (χ1n) is 7.34. The van der Waals surface area contributed by atoms with Gasteiger partial charge in [-0.15, -0.1) is 0 Å². The molecule has 1 heterocycles. The lowest BCUT2D eigenvalue weighted by molar-refractivity contribution is 0.101. The standard InChI is InChI=1S/C18H13ClFN3O2/c1-23-9-8-21-17(23)16(24)11-2-5-13(6-3-11)22-18(25)14-7-4-12(19)10-15(14)20/h2-10H,1H3,(H,22,25). The van der Waals surface area contributed by atoms with Crippen LogP contribution in [0, 0.1) is 5.82 Å². The summed E-state index contributed by atoms with van der Waals surface area (Å²) in [6.45, 7) is 0. The van der Waals surface area contributed by atoms with Crippen molar-refractivity contribution in [3.8, 4) is 0 Å². The molecule has 126 valence electrons. The summed E-state index contributed by atoms with van der Waals surface area (Å²) in [4.78, 5) is 28.5. The van der Waals surface area contributed by atoms with Crippen molar-refractivity contribution in [2.45, 2.75) is 0 Å². The van der Waals surface area contributed by atoms with Gasteiger partial charge in [0.25, 0.3) is 5.91 Å². The first kappa shape index (κ1) is 16.9. The van der Waals surface area contributed by atoms with E-state index in [1.54, 1.807) is 48.3 Å². The number of carbonyl (C=O) groups is 2. The molecule has 0 radical (unpaired) electrons. The van der Waals surface area contributed by atoms with Crippen molar-refractivity contribution in [2.24, 2.45) is 7.05 Å². The molecule has 3 aromatic rings. The van der Waals surface area contributed by atoms with Crippen molar-refractivity contribution < 1.29 is 14.0 Å². The van der Waals surface area contributed by atoms with E-state index in [9.17, 15) is 14.0 Å². The number of nitrogens with one attached hydrogen (secondary N) is 1. The van der Waals surface area contributed by atoms with Gasteiger partial charge in [-0.2, -0.15) is 0 Å². The summed E-state index contributed by atoms with van der Waals surface area (Å²) in [5.41, 5.74) is 0.762. The van der Waals surface area contributed by atoms with Gasteiger partial charge in [-0.3, -0.25) is 9.59 Å². The Kier molecular flexibility index (Phi) is 4.63. The van der Waals surface area contributed by atoms with Crippen LogP contribution < -0.4 is 5.32 Å². The molecule has 1 amide bonds. The van der Waals surface area contributed by atoms with Gasteiger partial charge in [0.1, 0.15) is 5.82 Å². The van der Waals surface area contributed by atoms with Crippen molar-refractivity contribution in [3.05, 3.63) is 82.6 Å². The van der Waals surface area contributed by atoms with Gasteiger partial charge < -0.3 is 9.88 Å². The normalized spacial score (nSPS) is 10.5. The maximum Gasteiger partial charge on any atom is 0.258 e. The van der Waals surface area contributed by atoms with E-state index in [0.29, 0.717) is 17.1 Å². The molecule has 0 aliphatic heterocycles. The van der Waals surface area contributed by atoms with E-state index < -0.39 is 11.7 Å². The largest absolute Gasteiger partial charge is 0.331 e. The van der Waals surface area contributed by atoms with Crippen LogP contribution in [0.3, 0.4) is 0 Å². The van der Waals surface area contributed by atoms with Gasteiger partial charge in [0.05, 0.1) is 5.56 Å². The fraction of sp³-hybridized carbons (Fsp3) is 0.0556. The maximum atomic E-state index is 13.8. The second kappa shape index (κ2) is 6.86. The molecule has 1 N–H and O–H groups in total. The molecule has 3 rings (SSSR count). The number of hydrogen-bond acceptors (Lipinski definition) is 3. The number of halogens is 2. The van der Waals surface area contributed by atoms with Crippen LogP contribution in [0.15, 0.2) is 54.9 Å². The lowest BCUT2D eigenvalue weighted by atomic mass is 10.1. The topological polar surface area (TPSA) is 64.0 Å². The number of ketones is 1. The molecular weight excluding hydrogens is 345 g/mol. The van der Waals surface area contributed by atoms with E-state index in [-0.39, 0.29) is 16.4 Å². The molecule has 0 atom stereocenters. The average Bonchev–Trinajstić information content (AvgIpc) is 3.00. The fourth-order valence-corrected chi connectivity index (χ4v) is 2.45. The third-order valence-corrected chi connectivity index (χ3v) is 3.84. The Bertz CT molecular complexity index is 951. The third-order valence-electron chi connectivity index (χ3n) is 3.60. The van der Waals surface area contributed by atoms with Crippen LogP contribution >= 0.6 is 11.6 Å². The average molecular weight is 358 g/mol. The van der Waals surface area contributed by atoms with Crippen LogP contribution in [0.5, 0.6) is 0 Å². The quantitative estimate of drug-likeness (QED) is 0.724. The number of carbonyl (C=O) groups excluding carboxylic acids is 2. The van der Waals surface area contributed by atoms with Crippen molar-refractivity contribution in [3.63, 3.8) is 0 Å². The van der Waals surface area contributed by atoms with E-state index in [2.05, 4.69) is 10.3 Å². The Morgan fingerprint density at radius 3 is 2.48 bits per heavy atom. The number of aryl methyl sites for hydroxylation is 1. The van der Waals surface area contributed by atoms with Gasteiger partial charge >= 0.3 is 0 Å². The molecule has 0 bridgehead atoms. The Hall–Kier alpha value is -2.99. The summed E-state index contributed by atoms with van der Waals surface area (Å²) in [5.74, 6) is -1.21. The number of imidazole rings is 1. The predicted octanol–water partition coefficient (Wildman–Crippen LogP) is 3.70. The minimum atomic E-state index is -0.702. The Morgan fingerprint density at radius 1 is 1.16 bits per heavy atom. The molecule has 0 spiro atoms. The van der Waals surface area contributed by atoms with E-state index in [0.717, 1.165) is 6.07 Å². The zero-order valence-corrected chi connectivity index (χ0v) is 13.9. The number of amides is 1. The van der Waals surface area contributed by atoms with Crippen molar-refractivity contribution in [2.75, 3.05) is 5.32 Å². The van der Waals surface area contributed by atoms with Crippen LogP contribution in [0.25, 0.3) is 0 Å². The highest BCUT2D eigenvalue weighted by Crippen LogP contribution is 2.17. The number of nitrogens with zero attached hydrogens (tertiary/aromatic N) is 2. The molecule has 1 aromatic heterocycles. The molecule has 7 heteroatoms. The summed E-state index contributed by atoms with van der Waals surface area (Å²) in [7, 11) is 1.73. The van der Waals surface area contributed by atoms with Gasteiger partial charge in [0.2, 0.25) is 5.78 Å². The number of hydrogen-bond donors (Lipinski definition) is 1. The molecule has 0 fully saturated rings. The van der Waals surface area contributed by atoms with Gasteiger partial charge in [0, 0.05) is 35.7 Å². The molecular formula is C18H13ClFN3O2. The molecule has 0 saturated heterocycles.